The largest absolute Gasteiger partial charge is 0.340 e. The van der Waals surface area contributed by atoms with Crippen molar-refractivity contribution in [1.82, 2.24) is 25.8 Å². The van der Waals surface area contributed by atoms with E-state index in [1.54, 1.807) is 0 Å². The molecule has 1 aliphatic heterocycles. The summed E-state index contributed by atoms with van der Waals surface area (Å²) < 4.78 is 1.00. The first-order valence-electron chi connectivity index (χ1n) is 15.2. The summed E-state index contributed by atoms with van der Waals surface area (Å²) >= 11 is 1.39. The van der Waals surface area contributed by atoms with Gasteiger partial charge in [0.2, 0.25) is 5.91 Å². The van der Waals surface area contributed by atoms with Crippen molar-refractivity contribution in [3.05, 3.63) is 71.1 Å². The van der Waals surface area contributed by atoms with Gasteiger partial charge in [0, 0.05) is 49.4 Å². The summed E-state index contributed by atoms with van der Waals surface area (Å²) in [6.07, 6.45) is 3.13. The number of piperazine rings is 1. The van der Waals surface area contributed by atoms with Crippen LogP contribution in [0.3, 0.4) is 0 Å². The van der Waals surface area contributed by atoms with Crippen molar-refractivity contribution in [3.63, 3.8) is 0 Å². The fourth-order valence-corrected chi connectivity index (χ4v) is 7.20. The highest BCUT2D eigenvalue weighted by molar-refractivity contribution is 7.20. The van der Waals surface area contributed by atoms with Crippen molar-refractivity contribution in [2.75, 3.05) is 26.2 Å². The minimum absolute atomic E-state index is 0.0227. The van der Waals surface area contributed by atoms with Crippen LogP contribution in [-0.4, -0.2) is 77.4 Å². The molecular weight excluding hydrogens is 562 g/mol. The van der Waals surface area contributed by atoms with E-state index in [0.29, 0.717) is 37.2 Å². The molecule has 0 bridgehead atoms. The number of thiophene rings is 1. The third-order valence-electron chi connectivity index (χ3n) is 8.35. The molecule has 0 radical (unpaired) electrons. The normalized spacial score (nSPS) is 19.6. The van der Waals surface area contributed by atoms with Gasteiger partial charge in [-0.25, -0.2) is 4.79 Å². The summed E-state index contributed by atoms with van der Waals surface area (Å²) in [4.78, 5) is 57.8. The molecule has 1 saturated heterocycles. The van der Waals surface area contributed by atoms with Gasteiger partial charge in [0.05, 0.1) is 4.88 Å². The predicted molar refractivity (Wildman–Crippen MR) is 169 cm³/mol. The van der Waals surface area contributed by atoms with Gasteiger partial charge in [-0.1, -0.05) is 61.4 Å². The second-order valence-corrected chi connectivity index (χ2v) is 12.9. The molecule has 5 rings (SSSR count). The highest BCUT2D eigenvalue weighted by atomic mass is 32.1. The molecule has 1 saturated carbocycles. The Hall–Kier alpha value is -3.76. The van der Waals surface area contributed by atoms with Gasteiger partial charge in [0.1, 0.15) is 5.54 Å². The average Bonchev–Trinajstić information content (AvgIpc) is 3.65. The Morgan fingerprint density at radius 3 is 2.35 bits per heavy atom. The lowest BCUT2D eigenvalue weighted by Gasteiger charge is -2.36. The van der Waals surface area contributed by atoms with Gasteiger partial charge in [0.25, 0.3) is 11.8 Å². The summed E-state index contributed by atoms with van der Waals surface area (Å²) in [5.74, 6) is -0.723. The van der Waals surface area contributed by atoms with Crippen LogP contribution in [0.15, 0.2) is 60.7 Å². The zero-order valence-corrected chi connectivity index (χ0v) is 25.8. The van der Waals surface area contributed by atoms with Crippen LogP contribution < -0.4 is 16.0 Å². The van der Waals surface area contributed by atoms with Crippen molar-refractivity contribution in [1.29, 1.82) is 0 Å². The van der Waals surface area contributed by atoms with Crippen LogP contribution in [-0.2, 0) is 16.0 Å². The number of amides is 5. The summed E-state index contributed by atoms with van der Waals surface area (Å²) in [7, 11) is 0. The highest BCUT2D eigenvalue weighted by Crippen LogP contribution is 2.33. The van der Waals surface area contributed by atoms with Gasteiger partial charge >= 0.3 is 6.03 Å². The summed E-state index contributed by atoms with van der Waals surface area (Å²) in [6, 6.07) is 19.2. The Morgan fingerprint density at radius 2 is 1.65 bits per heavy atom. The first-order chi connectivity index (χ1) is 20.7. The van der Waals surface area contributed by atoms with Crippen LogP contribution in [0.1, 0.15) is 61.2 Å². The average molecular weight is 604 g/mol. The summed E-state index contributed by atoms with van der Waals surface area (Å²) in [5, 5.41) is 10.3. The molecule has 228 valence electrons. The quantitative estimate of drug-likeness (QED) is 0.337. The molecule has 1 aromatic heterocycles. The number of fused-ring (bicyclic) bond motifs is 1. The van der Waals surface area contributed by atoms with Crippen molar-refractivity contribution in [2.24, 2.45) is 0 Å². The summed E-state index contributed by atoms with van der Waals surface area (Å²) in [6.45, 7) is 5.64. The van der Waals surface area contributed by atoms with Crippen molar-refractivity contribution < 1.29 is 19.2 Å². The smallest absolute Gasteiger partial charge is 0.324 e. The van der Waals surface area contributed by atoms with Crippen LogP contribution in [0.2, 0.25) is 0 Å². The van der Waals surface area contributed by atoms with E-state index in [-0.39, 0.29) is 43.4 Å². The van der Waals surface area contributed by atoms with E-state index >= 15 is 0 Å². The number of imide groups is 1. The van der Waals surface area contributed by atoms with E-state index in [9.17, 15) is 19.2 Å². The topological polar surface area (TPSA) is 111 Å². The standard InChI is InChI=1S/C33H41N5O4S/c1-23-21-37(22-24(2)35-23)29(39)14-18-34-32(42)38(19-15-25-10-4-3-5-11-25)31(41)33(16-8-9-17-33)36-30(40)28-20-26-12-6-7-13-27(26)43-28/h3-7,10-13,20,23-24,35H,8-9,14-19,21-22H2,1-2H3,(H,34,42)(H,36,40)/t23-,24+. The highest BCUT2D eigenvalue weighted by Gasteiger charge is 2.46. The van der Waals surface area contributed by atoms with E-state index in [4.69, 9.17) is 0 Å². The molecule has 3 aromatic rings. The molecule has 5 amide bonds. The van der Waals surface area contributed by atoms with Gasteiger partial charge in [-0.15, -0.1) is 11.3 Å². The van der Waals surface area contributed by atoms with E-state index in [1.807, 2.05) is 79.4 Å². The predicted octanol–water partition coefficient (Wildman–Crippen LogP) is 4.32. The first kappa shape index (κ1) is 30.7. The lowest BCUT2D eigenvalue weighted by molar-refractivity contribution is -0.134. The van der Waals surface area contributed by atoms with Crippen molar-refractivity contribution in [2.45, 2.75) is 70.0 Å². The van der Waals surface area contributed by atoms with Gasteiger partial charge in [-0.05, 0) is 56.2 Å². The Morgan fingerprint density at radius 1 is 0.977 bits per heavy atom. The van der Waals surface area contributed by atoms with E-state index in [1.165, 1.54) is 16.2 Å². The number of hydrogen-bond acceptors (Lipinski definition) is 6. The molecule has 2 heterocycles. The molecule has 3 N–H and O–H groups in total. The van der Waals surface area contributed by atoms with Gasteiger partial charge in [-0.2, -0.15) is 0 Å². The second kappa shape index (κ2) is 13.7. The monoisotopic (exact) mass is 603 g/mol. The van der Waals surface area contributed by atoms with E-state index < -0.39 is 17.5 Å². The van der Waals surface area contributed by atoms with E-state index in [0.717, 1.165) is 28.5 Å². The maximum atomic E-state index is 14.3. The number of nitrogens with one attached hydrogen (secondary N) is 3. The Balaban J connectivity index is 1.29. The third-order valence-corrected chi connectivity index (χ3v) is 9.47. The van der Waals surface area contributed by atoms with Crippen LogP contribution in [0.4, 0.5) is 4.79 Å². The lowest BCUT2D eigenvalue weighted by atomic mass is 9.94. The molecule has 2 atom stereocenters. The molecule has 10 heteroatoms. The third kappa shape index (κ3) is 7.43. The number of carbonyl (C=O) groups excluding carboxylic acids is 4. The SMILES string of the molecule is C[C@@H]1CN(C(=O)CCNC(=O)N(CCc2ccccc2)C(=O)C2(NC(=O)c3cc4ccccc4s3)CCCC2)C[C@H](C)N1. The fourth-order valence-electron chi connectivity index (χ4n) is 6.24. The number of nitrogens with zero attached hydrogens (tertiary/aromatic N) is 2. The fraction of sp³-hybridized carbons (Fsp3) is 0.455. The van der Waals surface area contributed by atoms with Crippen LogP contribution in [0.25, 0.3) is 10.1 Å². The molecule has 9 nitrogen and oxygen atoms in total. The van der Waals surface area contributed by atoms with Crippen molar-refractivity contribution in [3.8, 4) is 0 Å². The summed E-state index contributed by atoms with van der Waals surface area (Å²) in [5.41, 5.74) is -0.163. The van der Waals surface area contributed by atoms with Crippen LogP contribution in [0.5, 0.6) is 0 Å². The molecule has 2 aliphatic rings. The van der Waals surface area contributed by atoms with Gasteiger partial charge < -0.3 is 20.9 Å². The maximum Gasteiger partial charge on any atom is 0.324 e. The van der Waals surface area contributed by atoms with Gasteiger partial charge in [0.15, 0.2) is 0 Å². The minimum atomic E-state index is -1.16. The molecule has 43 heavy (non-hydrogen) atoms. The van der Waals surface area contributed by atoms with Crippen molar-refractivity contribution >= 4 is 45.2 Å². The minimum Gasteiger partial charge on any atom is -0.340 e. The van der Waals surface area contributed by atoms with Crippen LogP contribution in [0, 0.1) is 0 Å². The first-order valence-corrected chi connectivity index (χ1v) is 16.0. The Kier molecular flexibility index (Phi) is 9.77. The zero-order chi connectivity index (χ0) is 30.4. The van der Waals surface area contributed by atoms with Crippen LogP contribution >= 0.6 is 11.3 Å². The molecular formula is C33H41N5O4S. The number of rotatable bonds is 9. The van der Waals surface area contributed by atoms with E-state index in [2.05, 4.69) is 16.0 Å². The second-order valence-electron chi connectivity index (χ2n) is 11.8. The number of carbonyl (C=O) groups is 4. The Labute approximate surface area is 257 Å². The Bertz CT molecular complexity index is 1410. The molecule has 1 aliphatic carbocycles. The molecule has 2 aromatic carbocycles. The number of urea groups is 1. The number of hydrogen-bond donors (Lipinski definition) is 3. The lowest BCUT2D eigenvalue weighted by Crippen LogP contribution is -2.61. The van der Waals surface area contributed by atoms with Gasteiger partial charge in [-0.3, -0.25) is 19.3 Å². The molecule has 0 unspecified atom stereocenters. The number of benzene rings is 2. The maximum absolute atomic E-state index is 14.3. The molecule has 0 spiro atoms. The molecule has 2 fully saturated rings. The zero-order valence-electron chi connectivity index (χ0n) is 24.9.